The minimum absolute atomic E-state index is 0.00405. The minimum atomic E-state index is -1.89. The molecule has 396 valence electrons. The largest absolute Gasteiger partial charge is 0.497 e. The highest BCUT2D eigenvalue weighted by Gasteiger charge is 2.51. The van der Waals surface area contributed by atoms with Crippen molar-refractivity contribution in [2.24, 2.45) is 0 Å². The van der Waals surface area contributed by atoms with Gasteiger partial charge in [0, 0.05) is 43.8 Å². The number of halogens is 2. The number of aromatic nitrogens is 2. The van der Waals surface area contributed by atoms with Crippen LogP contribution in [-0.4, -0.2) is 91.1 Å². The van der Waals surface area contributed by atoms with Gasteiger partial charge in [-0.25, -0.2) is 18.4 Å². The van der Waals surface area contributed by atoms with Crippen molar-refractivity contribution in [3.05, 3.63) is 126 Å². The summed E-state index contributed by atoms with van der Waals surface area (Å²) in [6.07, 6.45) is 9.19. The number of nitrogens with one attached hydrogen (secondary N) is 1. The van der Waals surface area contributed by atoms with Gasteiger partial charge in [-0.1, -0.05) is 113 Å². The van der Waals surface area contributed by atoms with Gasteiger partial charge in [0.05, 0.1) is 51.8 Å². The molecule has 0 saturated carbocycles. The molecule has 4 aromatic carbocycles. The van der Waals surface area contributed by atoms with E-state index in [2.05, 4.69) is 55.7 Å². The molecule has 1 aromatic heterocycles. The zero-order valence-corrected chi connectivity index (χ0v) is 44.7. The van der Waals surface area contributed by atoms with Gasteiger partial charge in [0.2, 0.25) is 5.91 Å². The summed E-state index contributed by atoms with van der Waals surface area (Å²) in [5.41, 5.74) is 1.29. The number of amides is 1. The Morgan fingerprint density at radius 1 is 0.822 bits per heavy atom. The smallest absolute Gasteiger partial charge is 0.259 e. The normalized spacial score (nSPS) is 17.4. The maximum absolute atomic E-state index is 15.4. The zero-order chi connectivity index (χ0) is 52.2. The first-order chi connectivity index (χ1) is 35.4. The van der Waals surface area contributed by atoms with Crippen molar-refractivity contribution in [3.63, 3.8) is 0 Å². The summed E-state index contributed by atoms with van der Waals surface area (Å²) in [4.78, 5) is 17.3. The van der Waals surface area contributed by atoms with E-state index in [1.54, 1.807) is 18.8 Å². The summed E-state index contributed by atoms with van der Waals surface area (Å²) in [5.74, 6) is -0.270. The lowest BCUT2D eigenvalue weighted by Crippen LogP contribution is -2.43. The molecule has 1 unspecified atom stereocenters. The summed E-state index contributed by atoms with van der Waals surface area (Å²) >= 11 is 0. The van der Waals surface area contributed by atoms with Crippen molar-refractivity contribution >= 4 is 25.5 Å². The number of rotatable bonds is 32. The summed E-state index contributed by atoms with van der Waals surface area (Å²) in [7, 11) is 1.34. The van der Waals surface area contributed by atoms with E-state index in [9.17, 15) is 10.1 Å². The van der Waals surface area contributed by atoms with Crippen LogP contribution in [0, 0.1) is 23.0 Å². The third-order valence-electron chi connectivity index (χ3n) is 13.1. The number of imidazole rings is 1. The Bertz CT molecular complexity index is 2400. The van der Waals surface area contributed by atoms with Crippen LogP contribution in [-0.2, 0) is 33.7 Å². The molecule has 1 N–H and O–H groups in total. The van der Waals surface area contributed by atoms with E-state index in [-0.39, 0.29) is 55.3 Å². The van der Waals surface area contributed by atoms with Crippen molar-refractivity contribution in [2.45, 2.75) is 154 Å². The van der Waals surface area contributed by atoms with Gasteiger partial charge in [-0.15, -0.1) is 0 Å². The molecule has 1 aliphatic rings. The first kappa shape index (κ1) is 57.2. The van der Waals surface area contributed by atoms with Crippen LogP contribution in [0.25, 0.3) is 11.0 Å². The number of nitrogens with zero attached hydrogens (tertiary/aromatic N) is 4. The lowest BCUT2D eigenvalue weighted by molar-refractivity contribution is -0.121. The third-order valence-corrected chi connectivity index (χ3v) is 15.3. The predicted molar refractivity (Wildman–Crippen MR) is 281 cm³/mol. The Morgan fingerprint density at radius 2 is 1.42 bits per heavy atom. The summed E-state index contributed by atoms with van der Waals surface area (Å²) in [5, 5.41) is 12.7. The lowest BCUT2D eigenvalue weighted by Gasteiger charge is -2.39. The highest BCUT2D eigenvalue weighted by Crippen LogP contribution is 2.52. The fourth-order valence-electron chi connectivity index (χ4n) is 9.52. The van der Waals surface area contributed by atoms with E-state index in [1.807, 2.05) is 78.9 Å². The van der Waals surface area contributed by atoms with Crippen LogP contribution in [0.15, 0.2) is 97.3 Å². The Kier molecular flexibility index (Phi) is 22.9. The zero-order valence-electron chi connectivity index (χ0n) is 43.8. The molecule has 1 fully saturated rings. The van der Waals surface area contributed by atoms with E-state index < -0.39 is 50.3 Å². The van der Waals surface area contributed by atoms with E-state index in [0.717, 1.165) is 42.0 Å². The fraction of sp³-hybridized carbons (Fsp3) is 0.526. The summed E-state index contributed by atoms with van der Waals surface area (Å²) in [6, 6.07) is 29.4. The van der Waals surface area contributed by atoms with Gasteiger partial charge in [-0.05, 0) is 81.5 Å². The van der Waals surface area contributed by atoms with Crippen LogP contribution in [0.1, 0.15) is 135 Å². The average Bonchev–Trinajstić information content (AvgIpc) is 3.96. The molecule has 5 aromatic rings. The molecule has 0 spiro atoms. The summed E-state index contributed by atoms with van der Waals surface area (Å²) in [6.45, 7) is 11.0. The van der Waals surface area contributed by atoms with Gasteiger partial charge in [-0.3, -0.25) is 4.79 Å². The molecular formula is C57H76F2N5O8P. The van der Waals surface area contributed by atoms with Crippen molar-refractivity contribution < 1.29 is 46.3 Å². The molecular weight excluding hydrogens is 952 g/mol. The lowest BCUT2D eigenvalue weighted by atomic mass is 9.80. The average molecular weight is 1030 g/mol. The number of ether oxygens (including phenoxy) is 5. The van der Waals surface area contributed by atoms with Crippen molar-refractivity contribution in [1.82, 2.24) is 19.5 Å². The fourth-order valence-corrected chi connectivity index (χ4v) is 11.3. The van der Waals surface area contributed by atoms with E-state index in [1.165, 1.54) is 50.9 Å². The first-order valence-electron chi connectivity index (χ1n) is 26.0. The van der Waals surface area contributed by atoms with Gasteiger partial charge in [0.1, 0.15) is 46.7 Å². The van der Waals surface area contributed by atoms with Crippen LogP contribution < -0.4 is 14.8 Å². The Hall–Kier alpha value is -5.04. The maximum atomic E-state index is 15.4. The Morgan fingerprint density at radius 3 is 2.01 bits per heavy atom. The van der Waals surface area contributed by atoms with Gasteiger partial charge in [0.15, 0.2) is 12.0 Å². The predicted octanol–water partition coefficient (Wildman–Crippen LogP) is 12.7. The van der Waals surface area contributed by atoms with Crippen molar-refractivity contribution in [1.29, 1.82) is 5.26 Å². The highest BCUT2D eigenvalue weighted by atomic mass is 31.2. The summed E-state index contributed by atoms with van der Waals surface area (Å²) < 4.78 is 80.5. The van der Waals surface area contributed by atoms with Crippen LogP contribution in [0.3, 0.4) is 0 Å². The molecule has 13 nitrogen and oxygen atoms in total. The molecule has 2 heterocycles. The van der Waals surface area contributed by atoms with Gasteiger partial charge in [-0.2, -0.15) is 5.26 Å². The molecule has 16 heteroatoms. The minimum Gasteiger partial charge on any atom is -0.497 e. The number of unbranched alkanes of at least 4 members (excludes halogenated alkanes) is 8. The number of carbonyl (C=O) groups excluding carboxylic acids is 1. The first-order valence-corrected chi connectivity index (χ1v) is 27.2. The number of carbonyl (C=O) groups is 1. The van der Waals surface area contributed by atoms with E-state index in [0.29, 0.717) is 30.9 Å². The molecule has 1 amide bonds. The van der Waals surface area contributed by atoms with Gasteiger partial charge >= 0.3 is 0 Å². The molecule has 1 aliphatic heterocycles. The Labute approximate surface area is 432 Å². The number of hydrogen-bond acceptors (Lipinski definition) is 11. The van der Waals surface area contributed by atoms with Gasteiger partial charge < -0.3 is 42.6 Å². The second kappa shape index (κ2) is 29.2. The number of hydrogen-bond donors (Lipinski definition) is 1. The molecule has 0 aliphatic carbocycles. The number of nitriles is 1. The SMILES string of the molecule is CCCCCCCCCCCC(=O)NCCCO[C@@H]1[C@H](OP(OCCC#N)N(C(C)C)C(C)C)[C@@H](COC(c2ccccc2)(c2ccc(OC)cc2)c2ccc(OC)cc2)O[C@H]1n1cnc2c(F)cc(F)cc21. The molecule has 0 radical (unpaired) electrons. The van der Waals surface area contributed by atoms with Crippen LogP contribution >= 0.6 is 8.53 Å². The monoisotopic (exact) mass is 1030 g/mol. The van der Waals surface area contributed by atoms with Crippen LogP contribution in [0.2, 0.25) is 0 Å². The van der Waals surface area contributed by atoms with Crippen LogP contribution in [0.5, 0.6) is 11.5 Å². The second-order valence-electron chi connectivity index (χ2n) is 19.0. The van der Waals surface area contributed by atoms with Crippen molar-refractivity contribution in [3.8, 4) is 17.6 Å². The van der Waals surface area contributed by atoms with E-state index in [4.69, 9.17) is 32.7 Å². The Balaban J connectivity index is 1.36. The molecule has 0 bridgehead atoms. The molecule has 5 atom stereocenters. The number of fused-ring (bicyclic) bond motifs is 1. The highest BCUT2D eigenvalue weighted by molar-refractivity contribution is 7.44. The number of methoxy groups -OCH3 is 2. The van der Waals surface area contributed by atoms with Crippen molar-refractivity contribution in [2.75, 3.05) is 40.6 Å². The number of benzene rings is 4. The quantitative estimate of drug-likeness (QED) is 0.0250. The van der Waals surface area contributed by atoms with E-state index >= 15 is 8.78 Å². The third kappa shape index (κ3) is 15.3. The topological polar surface area (TPSA) is 139 Å². The standard InChI is InChI=1S/C57H76F2N5O8P/c1-8-9-10-11-12-13-14-15-19-24-52(65)61-34-21-35-68-55-54(72-73(70-36-20-33-60)64(41(2)3)42(4)5)51(71-56(55)63-40-62-53-49(59)37-46(58)38-50(53)63)39-69-57(43-22-17-16-18-23-43,44-25-29-47(66-6)30-26-44)45-27-31-48(67-7)32-28-45/h16-18,22-23,25-32,37-38,40-42,51,54-56H,8-15,19-21,24,34-36,39H2,1-7H3,(H,61,65)/t51-,54-,55-,56-,73?/m1/s1. The molecule has 73 heavy (non-hydrogen) atoms. The second-order valence-corrected chi connectivity index (χ2v) is 20.4. The molecule has 1 saturated heterocycles. The van der Waals surface area contributed by atoms with Gasteiger partial charge in [0.25, 0.3) is 8.53 Å². The maximum Gasteiger partial charge on any atom is 0.259 e. The molecule has 6 rings (SSSR count). The van der Waals surface area contributed by atoms with Crippen LogP contribution in [0.4, 0.5) is 8.78 Å².